The molecule has 2 fully saturated rings. The first-order valence-corrected chi connectivity index (χ1v) is 11.0. The van der Waals surface area contributed by atoms with Crippen LogP contribution in [0, 0.1) is 5.41 Å². The molecule has 0 bridgehead atoms. The van der Waals surface area contributed by atoms with Crippen molar-refractivity contribution in [1.82, 2.24) is 10.6 Å². The summed E-state index contributed by atoms with van der Waals surface area (Å²) in [6, 6.07) is 3.32. The maximum absolute atomic E-state index is 13.2. The van der Waals surface area contributed by atoms with Crippen molar-refractivity contribution in [2.75, 3.05) is 19.5 Å². The first-order valence-electron chi connectivity index (χ1n) is 11.0. The lowest BCUT2D eigenvalue weighted by Crippen LogP contribution is -2.54. The number of nitrogens with two attached hydrogens (primary N) is 1. The molecule has 0 unspecified atom stereocenters. The van der Waals surface area contributed by atoms with Crippen molar-refractivity contribution in [3.8, 4) is 5.75 Å². The molecule has 0 radical (unpaired) electrons. The summed E-state index contributed by atoms with van der Waals surface area (Å²) >= 11 is 0. The number of ketones is 1. The Balaban J connectivity index is 1.78. The van der Waals surface area contributed by atoms with Crippen molar-refractivity contribution >= 4 is 23.3 Å². The molecule has 0 aromatic heterocycles. The Morgan fingerprint density at radius 2 is 2.03 bits per heavy atom. The van der Waals surface area contributed by atoms with E-state index in [1.807, 2.05) is 6.92 Å². The van der Waals surface area contributed by atoms with Gasteiger partial charge < -0.3 is 25.8 Å². The van der Waals surface area contributed by atoms with Gasteiger partial charge >= 0.3 is 0 Å². The predicted molar refractivity (Wildman–Crippen MR) is 117 cm³/mol. The van der Waals surface area contributed by atoms with Crippen LogP contribution in [0.4, 0.5) is 5.69 Å². The summed E-state index contributed by atoms with van der Waals surface area (Å²) in [6.07, 6.45) is 5.03. The Bertz CT molecular complexity index is 835. The lowest BCUT2D eigenvalue weighted by molar-refractivity contribution is -0.128. The van der Waals surface area contributed by atoms with Gasteiger partial charge in [0, 0.05) is 5.56 Å². The second kappa shape index (κ2) is 9.68. The largest absolute Gasteiger partial charge is 0.495 e. The second-order valence-electron chi connectivity index (χ2n) is 8.91. The van der Waals surface area contributed by atoms with Crippen LogP contribution < -0.4 is 21.1 Å². The van der Waals surface area contributed by atoms with Crippen molar-refractivity contribution < 1.29 is 23.9 Å². The van der Waals surface area contributed by atoms with E-state index in [9.17, 15) is 14.4 Å². The number of ether oxygens (including phenoxy) is 2. The minimum atomic E-state index is -0.759. The SMILES string of the molecule is CC[C@@H]1OCC(=O)[C@H]1NC(=O)[C@H](CC1(C)CCCC1)NC(=O)c1ccc(N)c(OC)c1. The van der Waals surface area contributed by atoms with Gasteiger partial charge in [0.1, 0.15) is 24.4 Å². The molecule has 170 valence electrons. The molecule has 0 spiro atoms. The molecule has 3 atom stereocenters. The third-order valence-corrected chi connectivity index (χ3v) is 6.48. The fourth-order valence-corrected chi connectivity index (χ4v) is 4.59. The normalized spacial score (nSPS) is 23.4. The van der Waals surface area contributed by atoms with Gasteiger partial charge in [0.05, 0.1) is 18.9 Å². The lowest BCUT2D eigenvalue weighted by Gasteiger charge is -2.30. The predicted octanol–water partition coefficient (Wildman–Crippen LogP) is 2.21. The minimum absolute atomic E-state index is 0.00340. The second-order valence-corrected chi connectivity index (χ2v) is 8.91. The molecule has 2 aliphatic rings. The van der Waals surface area contributed by atoms with Crippen LogP contribution in [0.1, 0.15) is 62.7 Å². The first kappa shape index (κ1) is 23.1. The topological polar surface area (TPSA) is 120 Å². The summed E-state index contributed by atoms with van der Waals surface area (Å²) in [5.41, 5.74) is 6.59. The summed E-state index contributed by atoms with van der Waals surface area (Å²) < 4.78 is 10.7. The van der Waals surface area contributed by atoms with Gasteiger partial charge in [-0.15, -0.1) is 0 Å². The zero-order valence-corrected chi connectivity index (χ0v) is 18.5. The highest BCUT2D eigenvalue weighted by Gasteiger charge is 2.39. The Morgan fingerprint density at radius 1 is 1.32 bits per heavy atom. The van der Waals surface area contributed by atoms with E-state index in [1.54, 1.807) is 18.2 Å². The van der Waals surface area contributed by atoms with Crippen LogP contribution >= 0.6 is 0 Å². The highest BCUT2D eigenvalue weighted by atomic mass is 16.5. The molecule has 1 saturated carbocycles. The van der Waals surface area contributed by atoms with Crippen LogP contribution in [0.5, 0.6) is 5.75 Å². The molecule has 4 N–H and O–H groups in total. The molecular weight excluding hydrogens is 398 g/mol. The number of nitrogens with one attached hydrogen (secondary N) is 2. The van der Waals surface area contributed by atoms with Gasteiger partial charge in [-0.3, -0.25) is 14.4 Å². The Kier molecular flexibility index (Phi) is 7.20. The van der Waals surface area contributed by atoms with E-state index in [0.29, 0.717) is 29.8 Å². The summed E-state index contributed by atoms with van der Waals surface area (Å²) in [5.74, 6) is -0.483. The number of benzene rings is 1. The average molecular weight is 432 g/mol. The standard InChI is InChI=1S/C23H33N3O5/c1-4-18-20(17(27)13-31-18)26-22(29)16(12-23(2)9-5-6-10-23)25-21(28)14-7-8-15(24)19(11-14)30-3/h7-8,11,16,18,20H,4-6,9-10,12-13,24H2,1-3H3,(H,25,28)(H,26,29)/t16-,18-,20+/m0/s1. The van der Waals surface area contributed by atoms with Gasteiger partial charge in [-0.2, -0.15) is 0 Å². The Labute approximate surface area is 183 Å². The maximum atomic E-state index is 13.2. The average Bonchev–Trinajstić information content (AvgIpc) is 3.33. The van der Waals surface area contributed by atoms with Crippen molar-refractivity contribution in [1.29, 1.82) is 0 Å². The molecule has 3 rings (SSSR count). The van der Waals surface area contributed by atoms with Gasteiger partial charge in [0.2, 0.25) is 5.91 Å². The van der Waals surface area contributed by atoms with Gasteiger partial charge in [-0.1, -0.05) is 26.7 Å². The monoisotopic (exact) mass is 431 g/mol. The number of hydrogen-bond acceptors (Lipinski definition) is 6. The van der Waals surface area contributed by atoms with Gasteiger partial charge in [-0.05, 0) is 49.3 Å². The molecule has 8 heteroatoms. The number of hydrogen-bond donors (Lipinski definition) is 3. The van der Waals surface area contributed by atoms with E-state index >= 15 is 0 Å². The van der Waals surface area contributed by atoms with Gasteiger partial charge in [0.15, 0.2) is 5.78 Å². The minimum Gasteiger partial charge on any atom is -0.495 e. The number of nitrogen functional groups attached to an aromatic ring is 1. The zero-order valence-electron chi connectivity index (χ0n) is 18.5. The van der Waals surface area contributed by atoms with Crippen molar-refractivity contribution in [3.05, 3.63) is 23.8 Å². The quantitative estimate of drug-likeness (QED) is 0.543. The number of Topliss-reactive ketones (excluding diaryl/α,β-unsaturated/α-hetero) is 1. The highest BCUT2D eigenvalue weighted by molar-refractivity contribution is 5.99. The Hall–Kier alpha value is -2.61. The van der Waals surface area contributed by atoms with Crippen LogP contribution in [-0.2, 0) is 14.3 Å². The third kappa shape index (κ3) is 5.36. The zero-order chi connectivity index (χ0) is 22.6. The van der Waals surface area contributed by atoms with E-state index in [2.05, 4.69) is 17.6 Å². The molecule has 31 heavy (non-hydrogen) atoms. The van der Waals surface area contributed by atoms with Crippen LogP contribution in [0.3, 0.4) is 0 Å². The van der Waals surface area contributed by atoms with Crippen molar-refractivity contribution in [3.63, 3.8) is 0 Å². The fraction of sp³-hybridized carbons (Fsp3) is 0.609. The molecule has 1 aliphatic carbocycles. The molecule has 1 aliphatic heterocycles. The summed E-state index contributed by atoms with van der Waals surface area (Å²) in [4.78, 5) is 38.4. The first-order chi connectivity index (χ1) is 14.8. The smallest absolute Gasteiger partial charge is 0.252 e. The van der Waals surface area contributed by atoms with Gasteiger partial charge in [-0.25, -0.2) is 0 Å². The third-order valence-electron chi connectivity index (χ3n) is 6.48. The van der Waals surface area contributed by atoms with Crippen LogP contribution in [-0.4, -0.2) is 49.5 Å². The van der Waals surface area contributed by atoms with E-state index in [4.69, 9.17) is 15.2 Å². The van der Waals surface area contributed by atoms with E-state index in [0.717, 1.165) is 25.7 Å². The summed E-state index contributed by atoms with van der Waals surface area (Å²) in [7, 11) is 1.48. The summed E-state index contributed by atoms with van der Waals surface area (Å²) in [6.45, 7) is 4.07. The number of rotatable bonds is 8. The number of carbonyl (C=O) groups is 3. The van der Waals surface area contributed by atoms with Crippen LogP contribution in [0.25, 0.3) is 0 Å². The molecular formula is C23H33N3O5. The summed E-state index contributed by atoms with van der Waals surface area (Å²) in [5, 5.41) is 5.71. The molecule has 2 amide bonds. The molecule has 8 nitrogen and oxygen atoms in total. The van der Waals surface area contributed by atoms with E-state index in [-0.39, 0.29) is 35.7 Å². The lowest BCUT2D eigenvalue weighted by atomic mass is 9.81. The van der Waals surface area contributed by atoms with Crippen molar-refractivity contribution in [2.45, 2.75) is 70.6 Å². The van der Waals surface area contributed by atoms with Crippen molar-refractivity contribution in [2.24, 2.45) is 5.41 Å². The number of carbonyl (C=O) groups excluding carboxylic acids is 3. The number of anilines is 1. The molecule has 1 heterocycles. The van der Waals surface area contributed by atoms with Crippen LogP contribution in [0.2, 0.25) is 0 Å². The number of methoxy groups -OCH3 is 1. The highest BCUT2D eigenvalue weighted by Crippen LogP contribution is 2.41. The molecule has 1 saturated heterocycles. The van der Waals surface area contributed by atoms with E-state index in [1.165, 1.54) is 7.11 Å². The Morgan fingerprint density at radius 3 is 2.68 bits per heavy atom. The van der Waals surface area contributed by atoms with E-state index < -0.39 is 12.1 Å². The molecule has 1 aromatic carbocycles. The maximum Gasteiger partial charge on any atom is 0.252 e. The number of amides is 2. The van der Waals surface area contributed by atoms with Crippen LogP contribution in [0.15, 0.2) is 18.2 Å². The van der Waals surface area contributed by atoms with Gasteiger partial charge in [0.25, 0.3) is 5.91 Å². The molecule has 1 aromatic rings. The fourth-order valence-electron chi connectivity index (χ4n) is 4.59.